The molecule has 0 unspecified atom stereocenters. The van der Waals surface area contributed by atoms with Crippen molar-refractivity contribution < 1.29 is 22.7 Å². The SMILES string of the molecule is Cc1ccc(N(C)S(=O)(=O)c2cccc(C(=O)OCC(=O)N(C)Cc3cccs3)c2)cc1. The van der Waals surface area contributed by atoms with Gasteiger partial charge in [-0.05, 0) is 48.7 Å². The molecule has 1 amide bonds. The van der Waals surface area contributed by atoms with Gasteiger partial charge in [-0.1, -0.05) is 29.8 Å². The Morgan fingerprint density at radius 3 is 2.38 bits per heavy atom. The fourth-order valence-corrected chi connectivity index (χ4v) is 4.88. The summed E-state index contributed by atoms with van der Waals surface area (Å²) < 4.78 is 32.3. The minimum absolute atomic E-state index is 0.0452. The summed E-state index contributed by atoms with van der Waals surface area (Å²) in [6.45, 7) is 1.91. The Morgan fingerprint density at radius 1 is 1.00 bits per heavy atom. The molecule has 0 bridgehead atoms. The van der Waals surface area contributed by atoms with Crippen LogP contribution in [0.2, 0.25) is 0 Å². The zero-order valence-electron chi connectivity index (χ0n) is 18.0. The number of hydrogen-bond acceptors (Lipinski definition) is 6. The summed E-state index contributed by atoms with van der Waals surface area (Å²) >= 11 is 1.53. The van der Waals surface area contributed by atoms with E-state index in [-0.39, 0.29) is 16.4 Å². The Kier molecular flexibility index (Phi) is 7.32. The van der Waals surface area contributed by atoms with Crippen LogP contribution < -0.4 is 4.31 Å². The molecule has 2 aromatic carbocycles. The highest BCUT2D eigenvalue weighted by molar-refractivity contribution is 7.92. The second-order valence-electron chi connectivity index (χ2n) is 7.24. The lowest BCUT2D eigenvalue weighted by Crippen LogP contribution is -2.30. The minimum atomic E-state index is -3.88. The van der Waals surface area contributed by atoms with E-state index in [2.05, 4.69) is 0 Å². The van der Waals surface area contributed by atoms with Gasteiger partial charge in [-0.25, -0.2) is 13.2 Å². The Balaban J connectivity index is 1.67. The van der Waals surface area contributed by atoms with Gasteiger partial charge in [-0.2, -0.15) is 0 Å². The van der Waals surface area contributed by atoms with Crippen LogP contribution in [0.15, 0.2) is 70.9 Å². The Bertz CT molecular complexity index is 1190. The molecule has 3 aromatic rings. The van der Waals surface area contributed by atoms with Gasteiger partial charge < -0.3 is 9.64 Å². The number of nitrogens with zero attached hydrogens (tertiary/aromatic N) is 2. The number of ether oxygens (including phenoxy) is 1. The van der Waals surface area contributed by atoms with E-state index in [9.17, 15) is 18.0 Å². The summed E-state index contributed by atoms with van der Waals surface area (Å²) in [5.41, 5.74) is 1.57. The maximum atomic E-state index is 13.0. The van der Waals surface area contributed by atoms with Gasteiger partial charge in [0.1, 0.15) is 0 Å². The number of thiophene rings is 1. The molecule has 168 valence electrons. The number of hydrogen-bond donors (Lipinski definition) is 0. The normalized spacial score (nSPS) is 11.1. The van der Waals surface area contributed by atoms with Crippen molar-refractivity contribution in [2.24, 2.45) is 0 Å². The van der Waals surface area contributed by atoms with E-state index in [4.69, 9.17) is 4.74 Å². The first-order valence-corrected chi connectivity index (χ1v) is 12.1. The first kappa shape index (κ1) is 23.5. The molecule has 3 rings (SSSR count). The summed E-state index contributed by atoms with van der Waals surface area (Å²) in [4.78, 5) is 27.1. The molecule has 0 aliphatic heterocycles. The molecule has 0 radical (unpaired) electrons. The third kappa shape index (κ3) is 5.54. The molecule has 1 aromatic heterocycles. The molecule has 0 aliphatic rings. The number of benzene rings is 2. The first-order chi connectivity index (χ1) is 15.2. The summed E-state index contributed by atoms with van der Waals surface area (Å²) in [7, 11) is -0.803. The molecule has 0 saturated heterocycles. The molecule has 0 fully saturated rings. The van der Waals surface area contributed by atoms with E-state index in [0.29, 0.717) is 12.2 Å². The molecular formula is C23H24N2O5S2. The quantitative estimate of drug-likeness (QED) is 0.467. The van der Waals surface area contributed by atoms with Gasteiger partial charge in [0.05, 0.1) is 22.7 Å². The van der Waals surface area contributed by atoms with Crippen LogP contribution in [0.1, 0.15) is 20.8 Å². The monoisotopic (exact) mass is 472 g/mol. The van der Waals surface area contributed by atoms with Crippen LogP contribution in [0.5, 0.6) is 0 Å². The van der Waals surface area contributed by atoms with Crippen LogP contribution in [0, 0.1) is 6.92 Å². The van der Waals surface area contributed by atoms with E-state index in [0.717, 1.165) is 14.7 Å². The maximum absolute atomic E-state index is 13.0. The fourth-order valence-electron chi connectivity index (χ4n) is 2.88. The second kappa shape index (κ2) is 9.97. The highest BCUT2D eigenvalue weighted by Crippen LogP contribution is 2.23. The number of carbonyl (C=O) groups excluding carboxylic acids is 2. The molecule has 0 aliphatic carbocycles. The maximum Gasteiger partial charge on any atom is 0.338 e. The molecule has 32 heavy (non-hydrogen) atoms. The van der Waals surface area contributed by atoms with Crippen LogP contribution >= 0.6 is 11.3 Å². The number of aryl methyl sites for hydroxylation is 1. The van der Waals surface area contributed by atoms with Gasteiger partial charge in [0.2, 0.25) is 0 Å². The van der Waals surface area contributed by atoms with Gasteiger partial charge in [-0.15, -0.1) is 11.3 Å². The predicted molar refractivity (Wildman–Crippen MR) is 124 cm³/mol. The molecule has 0 N–H and O–H groups in total. The lowest BCUT2D eigenvalue weighted by Gasteiger charge is -2.20. The standard InChI is InChI=1S/C23H24N2O5S2/c1-17-9-11-19(12-10-17)25(3)32(28,29)21-8-4-6-18(14-21)23(27)30-16-22(26)24(2)15-20-7-5-13-31-20/h4-14H,15-16H2,1-3H3. The fraction of sp³-hybridized carbons (Fsp3) is 0.217. The third-order valence-corrected chi connectivity index (χ3v) is 7.49. The summed E-state index contributed by atoms with van der Waals surface area (Å²) in [6, 6.07) is 16.5. The van der Waals surface area contributed by atoms with Crippen molar-refractivity contribution in [3.8, 4) is 0 Å². The molecule has 0 spiro atoms. The highest BCUT2D eigenvalue weighted by atomic mass is 32.2. The smallest absolute Gasteiger partial charge is 0.338 e. The number of carbonyl (C=O) groups is 2. The van der Waals surface area contributed by atoms with Gasteiger partial charge in [0, 0.05) is 19.0 Å². The van der Waals surface area contributed by atoms with Crippen molar-refractivity contribution in [1.29, 1.82) is 0 Å². The van der Waals surface area contributed by atoms with Crippen molar-refractivity contribution in [2.45, 2.75) is 18.4 Å². The van der Waals surface area contributed by atoms with Crippen LogP contribution in [0.3, 0.4) is 0 Å². The molecule has 7 nitrogen and oxygen atoms in total. The lowest BCUT2D eigenvalue weighted by molar-refractivity contribution is -0.133. The highest BCUT2D eigenvalue weighted by Gasteiger charge is 2.23. The van der Waals surface area contributed by atoms with Crippen molar-refractivity contribution in [3.05, 3.63) is 82.0 Å². The van der Waals surface area contributed by atoms with E-state index in [1.165, 1.54) is 47.5 Å². The predicted octanol–water partition coefficient (Wildman–Crippen LogP) is 3.70. The van der Waals surface area contributed by atoms with Gasteiger partial charge in [-0.3, -0.25) is 9.10 Å². The van der Waals surface area contributed by atoms with E-state index >= 15 is 0 Å². The molecule has 1 heterocycles. The minimum Gasteiger partial charge on any atom is -0.452 e. The molecule has 0 atom stereocenters. The van der Waals surface area contributed by atoms with Gasteiger partial charge >= 0.3 is 5.97 Å². The van der Waals surface area contributed by atoms with Gasteiger partial charge in [0.25, 0.3) is 15.9 Å². The Hall–Kier alpha value is -3.17. The van der Waals surface area contributed by atoms with Crippen LogP contribution in [-0.2, 0) is 26.1 Å². The summed E-state index contributed by atoms with van der Waals surface area (Å²) in [5.74, 6) is -1.12. The van der Waals surface area contributed by atoms with Gasteiger partial charge in [0.15, 0.2) is 6.61 Å². The zero-order chi connectivity index (χ0) is 23.3. The second-order valence-corrected chi connectivity index (χ2v) is 10.2. The number of sulfonamides is 1. The molecule has 9 heteroatoms. The topological polar surface area (TPSA) is 84.0 Å². The van der Waals surface area contributed by atoms with Crippen LogP contribution in [0.4, 0.5) is 5.69 Å². The first-order valence-electron chi connectivity index (χ1n) is 9.77. The average Bonchev–Trinajstić information content (AvgIpc) is 3.30. The van der Waals surface area contributed by atoms with Crippen molar-refractivity contribution in [2.75, 3.05) is 25.0 Å². The molecular weight excluding hydrogens is 448 g/mol. The van der Waals surface area contributed by atoms with Crippen molar-refractivity contribution in [1.82, 2.24) is 4.90 Å². The third-order valence-electron chi connectivity index (χ3n) is 4.85. The van der Waals surface area contributed by atoms with Crippen molar-refractivity contribution in [3.63, 3.8) is 0 Å². The number of anilines is 1. The lowest BCUT2D eigenvalue weighted by atomic mass is 10.2. The van der Waals surface area contributed by atoms with Crippen molar-refractivity contribution >= 4 is 38.9 Å². The Morgan fingerprint density at radius 2 is 1.72 bits per heavy atom. The summed E-state index contributed by atoms with van der Waals surface area (Å²) in [6.07, 6.45) is 0. The van der Waals surface area contributed by atoms with E-state index in [1.807, 2.05) is 36.6 Å². The van der Waals surface area contributed by atoms with Crippen LogP contribution in [0.25, 0.3) is 0 Å². The average molecular weight is 473 g/mol. The number of rotatable bonds is 8. The van der Waals surface area contributed by atoms with E-state index < -0.39 is 22.6 Å². The Labute approximate surface area is 191 Å². The number of likely N-dealkylation sites (N-methyl/N-ethyl adjacent to an activating group) is 1. The molecule has 0 saturated carbocycles. The number of esters is 1. The van der Waals surface area contributed by atoms with E-state index in [1.54, 1.807) is 19.2 Å². The summed E-state index contributed by atoms with van der Waals surface area (Å²) in [5, 5.41) is 1.92. The zero-order valence-corrected chi connectivity index (χ0v) is 19.7. The largest absolute Gasteiger partial charge is 0.452 e. The number of amides is 1. The van der Waals surface area contributed by atoms with Crippen LogP contribution in [-0.4, -0.2) is 45.9 Å².